The van der Waals surface area contributed by atoms with E-state index in [0.29, 0.717) is 5.56 Å². The van der Waals surface area contributed by atoms with Crippen molar-refractivity contribution in [1.82, 2.24) is 10.2 Å². The minimum atomic E-state index is 0.708. The van der Waals surface area contributed by atoms with E-state index >= 15 is 0 Å². The van der Waals surface area contributed by atoms with Crippen LogP contribution in [0.5, 0.6) is 0 Å². The number of benzene rings is 1. The number of nitrogens with zero attached hydrogens (tertiary/aromatic N) is 2. The molecule has 0 saturated heterocycles. The first-order valence-electron chi connectivity index (χ1n) is 6.44. The van der Waals surface area contributed by atoms with E-state index < -0.39 is 0 Å². The smallest absolute Gasteiger partial charge is 0.101 e. The molecule has 2 N–H and O–H groups in total. The molecule has 0 atom stereocenters. The monoisotopic (exact) mass is 254 g/mol. The average Bonchev–Trinajstić information content (AvgIpc) is 2.81. The van der Waals surface area contributed by atoms with Crippen molar-refractivity contribution in [2.24, 2.45) is 0 Å². The lowest BCUT2D eigenvalue weighted by Crippen LogP contribution is -2.04. The van der Waals surface area contributed by atoms with E-state index in [0.717, 1.165) is 36.3 Å². The number of H-pyrrole nitrogens is 1. The van der Waals surface area contributed by atoms with Gasteiger partial charge in [-0.3, -0.25) is 5.10 Å². The Morgan fingerprint density at radius 2 is 2.21 bits per heavy atom. The Labute approximate surface area is 113 Å². The second-order valence-corrected chi connectivity index (χ2v) is 4.71. The molecule has 0 aliphatic rings. The second-order valence-electron chi connectivity index (χ2n) is 4.71. The van der Waals surface area contributed by atoms with Crippen molar-refractivity contribution in [3.63, 3.8) is 0 Å². The van der Waals surface area contributed by atoms with Crippen LogP contribution in [-0.2, 0) is 6.42 Å². The lowest BCUT2D eigenvalue weighted by atomic mass is 10.1. The van der Waals surface area contributed by atoms with E-state index in [9.17, 15) is 0 Å². The van der Waals surface area contributed by atoms with E-state index in [4.69, 9.17) is 5.26 Å². The first-order chi connectivity index (χ1) is 9.20. The number of aromatic nitrogens is 2. The summed E-state index contributed by atoms with van der Waals surface area (Å²) in [6.45, 7) is 4.87. The van der Waals surface area contributed by atoms with Crippen LogP contribution in [0.1, 0.15) is 28.8 Å². The van der Waals surface area contributed by atoms with Gasteiger partial charge in [0.1, 0.15) is 6.07 Å². The summed E-state index contributed by atoms with van der Waals surface area (Å²) in [4.78, 5) is 0. The zero-order chi connectivity index (χ0) is 13.7. The van der Waals surface area contributed by atoms with Gasteiger partial charge in [0.2, 0.25) is 0 Å². The van der Waals surface area contributed by atoms with Gasteiger partial charge < -0.3 is 5.32 Å². The lowest BCUT2D eigenvalue weighted by Gasteiger charge is -2.08. The van der Waals surface area contributed by atoms with E-state index in [2.05, 4.69) is 21.6 Å². The first-order valence-corrected chi connectivity index (χ1v) is 6.44. The van der Waals surface area contributed by atoms with E-state index in [1.54, 1.807) is 0 Å². The molecule has 1 aromatic heterocycles. The van der Waals surface area contributed by atoms with Crippen LogP contribution in [0.4, 0.5) is 5.69 Å². The van der Waals surface area contributed by atoms with Crippen LogP contribution in [-0.4, -0.2) is 16.7 Å². The number of hydrogen-bond donors (Lipinski definition) is 2. The van der Waals surface area contributed by atoms with Crippen molar-refractivity contribution < 1.29 is 0 Å². The molecule has 19 heavy (non-hydrogen) atoms. The van der Waals surface area contributed by atoms with Gasteiger partial charge in [0, 0.05) is 12.2 Å². The third-order valence-corrected chi connectivity index (χ3v) is 3.17. The minimum Gasteiger partial charge on any atom is -0.384 e. The van der Waals surface area contributed by atoms with Crippen molar-refractivity contribution in [3.05, 3.63) is 46.8 Å². The number of aromatic amines is 1. The summed E-state index contributed by atoms with van der Waals surface area (Å²) in [6, 6.07) is 8.11. The maximum Gasteiger partial charge on any atom is 0.101 e. The van der Waals surface area contributed by atoms with Gasteiger partial charge in [0.25, 0.3) is 0 Å². The predicted molar refractivity (Wildman–Crippen MR) is 76.0 cm³/mol. The summed E-state index contributed by atoms with van der Waals surface area (Å²) in [7, 11) is 0. The molecule has 0 aliphatic carbocycles. The summed E-state index contributed by atoms with van der Waals surface area (Å²) in [5.74, 6) is 0. The minimum absolute atomic E-state index is 0.708. The molecule has 0 bridgehead atoms. The van der Waals surface area contributed by atoms with Gasteiger partial charge in [-0.1, -0.05) is 6.07 Å². The highest BCUT2D eigenvalue weighted by atomic mass is 15.1. The highest BCUT2D eigenvalue weighted by Gasteiger charge is 2.03. The van der Waals surface area contributed by atoms with E-state index in [1.807, 2.05) is 38.2 Å². The molecule has 0 radical (unpaired) electrons. The topological polar surface area (TPSA) is 64.5 Å². The molecule has 0 saturated carbocycles. The summed E-state index contributed by atoms with van der Waals surface area (Å²) in [5.41, 5.74) is 5.12. The normalized spacial score (nSPS) is 10.2. The number of anilines is 1. The molecule has 0 fully saturated rings. The average molecular weight is 254 g/mol. The van der Waals surface area contributed by atoms with Gasteiger partial charge >= 0.3 is 0 Å². The Balaban J connectivity index is 1.86. The van der Waals surface area contributed by atoms with Gasteiger partial charge in [-0.2, -0.15) is 10.4 Å². The van der Waals surface area contributed by atoms with Gasteiger partial charge in [-0.05, 0) is 49.9 Å². The molecule has 0 amide bonds. The lowest BCUT2D eigenvalue weighted by molar-refractivity contribution is 0.857. The van der Waals surface area contributed by atoms with Crippen LogP contribution >= 0.6 is 0 Å². The molecular weight excluding hydrogens is 236 g/mol. The molecule has 0 unspecified atom stereocenters. The SMILES string of the molecule is Cc1ccc(NCCCc2cn[nH]c2C)c(C#N)c1. The molecule has 2 rings (SSSR count). The molecule has 0 spiro atoms. The molecule has 1 aromatic carbocycles. The van der Waals surface area contributed by atoms with Gasteiger partial charge in [-0.15, -0.1) is 0 Å². The van der Waals surface area contributed by atoms with Gasteiger partial charge in [0.05, 0.1) is 17.4 Å². The fraction of sp³-hybridized carbons (Fsp3) is 0.333. The number of nitriles is 1. The largest absolute Gasteiger partial charge is 0.384 e. The van der Waals surface area contributed by atoms with Gasteiger partial charge in [-0.25, -0.2) is 0 Å². The van der Waals surface area contributed by atoms with Crippen LogP contribution in [0.25, 0.3) is 0 Å². The molecule has 4 heteroatoms. The van der Waals surface area contributed by atoms with Crippen LogP contribution < -0.4 is 5.32 Å². The Hall–Kier alpha value is -2.28. The Kier molecular flexibility index (Phi) is 4.19. The summed E-state index contributed by atoms with van der Waals surface area (Å²) in [5, 5.41) is 19.3. The van der Waals surface area contributed by atoms with E-state index in [-0.39, 0.29) is 0 Å². The third-order valence-electron chi connectivity index (χ3n) is 3.17. The van der Waals surface area contributed by atoms with Crippen LogP contribution in [0.2, 0.25) is 0 Å². The highest BCUT2D eigenvalue weighted by Crippen LogP contribution is 2.16. The van der Waals surface area contributed by atoms with Crippen LogP contribution in [0, 0.1) is 25.2 Å². The number of nitrogens with one attached hydrogen (secondary N) is 2. The molecular formula is C15H18N4. The van der Waals surface area contributed by atoms with Crippen LogP contribution in [0.3, 0.4) is 0 Å². The molecule has 0 aliphatic heterocycles. The summed E-state index contributed by atoms with van der Waals surface area (Å²) < 4.78 is 0. The zero-order valence-electron chi connectivity index (χ0n) is 11.3. The maximum atomic E-state index is 9.08. The number of rotatable bonds is 5. The predicted octanol–water partition coefficient (Wildman–Crippen LogP) is 2.94. The van der Waals surface area contributed by atoms with Crippen LogP contribution in [0.15, 0.2) is 24.4 Å². The fourth-order valence-corrected chi connectivity index (χ4v) is 2.03. The van der Waals surface area contributed by atoms with Crippen molar-refractivity contribution >= 4 is 5.69 Å². The standard InChI is InChI=1S/C15H18N4/c1-11-5-6-15(14(8-11)9-16)17-7-3-4-13-10-18-19-12(13)2/h5-6,8,10,17H,3-4,7H2,1-2H3,(H,18,19). The van der Waals surface area contributed by atoms with E-state index in [1.165, 1.54) is 5.56 Å². The van der Waals surface area contributed by atoms with Crippen molar-refractivity contribution in [2.45, 2.75) is 26.7 Å². The van der Waals surface area contributed by atoms with Gasteiger partial charge in [0.15, 0.2) is 0 Å². The molecule has 2 aromatic rings. The Morgan fingerprint density at radius 3 is 2.89 bits per heavy atom. The van der Waals surface area contributed by atoms with Crippen molar-refractivity contribution in [2.75, 3.05) is 11.9 Å². The summed E-state index contributed by atoms with van der Waals surface area (Å²) >= 11 is 0. The number of aryl methyl sites for hydroxylation is 3. The zero-order valence-corrected chi connectivity index (χ0v) is 11.3. The maximum absolute atomic E-state index is 9.08. The number of hydrogen-bond acceptors (Lipinski definition) is 3. The quantitative estimate of drug-likeness (QED) is 0.806. The first kappa shape index (κ1) is 13.2. The second kappa shape index (κ2) is 6.05. The van der Waals surface area contributed by atoms with Crippen molar-refractivity contribution in [1.29, 1.82) is 5.26 Å². The highest BCUT2D eigenvalue weighted by molar-refractivity contribution is 5.58. The Bertz CT molecular complexity index is 592. The van der Waals surface area contributed by atoms with Crippen molar-refractivity contribution in [3.8, 4) is 6.07 Å². The third kappa shape index (κ3) is 3.35. The molecule has 98 valence electrons. The fourth-order valence-electron chi connectivity index (χ4n) is 2.03. The Morgan fingerprint density at radius 1 is 1.37 bits per heavy atom. The molecule has 1 heterocycles. The molecule has 4 nitrogen and oxygen atoms in total. The summed E-state index contributed by atoms with van der Waals surface area (Å²) in [6.07, 6.45) is 3.88.